The maximum Gasteiger partial charge on any atom is 0.238 e. The van der Waals surface area contributed by atoms with Crippen molar-refractivity contribution in [2.24, 2.45) is 5.92 Å². The van der Waals surface area contributed by atoms with Crippen LogP contribution in [0.15, 0.2) is 0 Å². The molecule has 0 aromatic rings. The fourth-order valence-electron chi connectivity index (χ4n) is 2.22. The molecule has 1 unspecified atom stereocenters. The van der Waals surface area contributed by atoms with Gasteiger partial charge in [-0.15, -0.1) is 0 Å². The van der Waals surface area contributed by atoms with Gasteiger partial charge in [0.2, 0.25) is 15.9 Å². The SMILES string of the molecule is CC(C)COCCCNC(=O)C1CCCN1S(C)(=O)=O. The van der Waals surface area contributed by atoms with E-state index >= 15 is 0 Å². The van der Waals surface area contributed by atoms with Crippen molar-refractivity contribution in [1.29, 1.82) is 0 Å². The lowest BCUT2D eigenvalue weighted by Gasteiger charge is -2.21. The summed E-state index contributed by atoms with van der Waals surface area (Å²) >= 11 is 0. The van der Waals surface area contributed by atoms with E-state index in [0.29, 0.717) is 32.0 Å². The predicted molar refractivity (Wildman–Crippen MR) is 77.9 cm³/mol. The molecule has 0 aliphatic carbocycles. The standard InChI is InChI=1S/C13H26N2O4S/c1-11(2)10-19-9-5-7-14-13(16)12-6-4-8-15(12)20(3,17)18/h11-12H,4-10H2,1-3H3,(H,14,16). The first kappa shape index (κ1) is 17.4. The predicted octanol–water partition coefficient (Wildman–Crippen LogP) is 0.589. The molecule has 7 heteroatoms. The molecule has 1 atom stereocenters. The van der Waals surface area contributed by atoms with Crippen LogP contribution in [0, 0.1) is 5.92 Å². The van der Waals surface area contributed by atoms with Crippen LogP contribution in [0.25, 0.3) is 0 Å². The van der Waals surface area contributed by atoms with E-state index < -0.39 is 16.1 Å². The summed E-state index contributed by atoms with van der Waals surface area (Å²) in [7, 11) is -3.30. The summed E-state index contributed by atoms with van der Waals surface area (Å²) in [6.07, 6.45) is 3.23. The van der Waals surface area contributed by atoms with Crippen molar-refractivity contribution in [3.63, 3.8) is 0 Å². The Morgan fingerprint density at radius 2 is 2.15 bits per heavy atom. The first-order valence-corrected chi connectivity index (χ1v) is 8.99. The Labute approximate surface area is 121 Å². The van der Waals surface area contributed by atoms with E-state index in [1.54, 1.807) is 0 Å². The number of hydrogen-bond donors (Lipinski definition) is 1. The quantitative estimate of drug-likeness (QED) is 0.666. The molecule has 1 amide bonds. The Hall–Kier alpha value is -0.660. The van der Waals surface area contributed by atoms with Gasteiger partial charge in [-0.05, 0) is 25.2 Å². The average Bonchev–Trinajstić information content (AvgIpc) is 2.81. The molecule has 1 rings (SSSR count). The van der Waals surface area contributed by atoms with Crippen molar-refractivity contribution in [2.45, 2.75) is 39.2 Å². The molecule has 0 aromatic carbocycles. The van der Waals surface area contributed by atoms with Crippen LogP contribution in [-0.2, 0) is 19.6 Å². The van der Waals surface area contributed by atoms with E-state index in [2.05, 4.69) is 19.2 Å². The first-order chi connectivity index (χ1) is 9.32. The zero-order valence-corrected chi connectivity index (χ0v) is 13.4. The third-order valence-electron chi connectivity index (χ3n) is 3.15. The Balaban J connectivity index is 2.26. The topological polar surface area (TPSA) is 75.7 Å². The molecule has 6 nitrogen and oxygen atoms in total. The molecule has 0 saturated carbocycles. The fraction of sp³-hybridized carbons (Fsp3) is 0.923. The molecule has 0 bridgehead atoms. The van der Waals surface area contributed by atoms with Crippen LogP contribution in [0.4, 0.5) is 0 Å². The molecular weight excluding hydrogens is 280 g/mol. The molecule has 20 heavy (non-hydrogen) atoms. The largest absolute Gasteiger partial charge is 0.381 e. The summed E-state index contributed by atoms with van der Waals surface area (Å²) < 4.78 is 29.8. The molecule has 1 heterocycles. The number of ether oxygens (including phenoxy) is 1. The van der Waals surface area contributed by atoms with E-state index in [-0.39, 0.29) is 5.91 Å². The maximum atomic E-state index is 12.0. The van der Waals surface area contributed by atoms with Crippen molar-refractivity contribution in [1.82, 2.24) is 9.62 Å². The van der Waals surface area contributed by atoms with E-state index in [0.717, 1.165) is 25.7 Å². The van der Waals surface area contributed by atoms with Gasteiger partial charge in [0.1, 0.15) is 6.04 Å². The van der Waals surface area contributed by atoms with Gasteiger partial charge in [0.05, 0.1) is 6.26 Å². The van der Waals surface area contributed by atoms with Crippen molar-refractivity contribution in [3.05, 3.63) is 0 Å². The van der Waals surface area contributed by atoms with Crippen LogP contribution in [0.3, 0.4) is 0 Å². The fourth-order valence-corrected chi connectivity index (χ4v) is 3.35. The smallest absolute Gasteiger partial charge is 0.238 e. The molecular formula is C13H26N2O4S. The number of rotatable bonds is 8. The summed E-state index contributed by atoms with van der Waals surface area (Å²) in [5, 5.41) is 2.79. The Bertz CT molecular complexity index is 409. The number of hydrogen-bond acceptors (Lipinski definition) is 4. The summed E-state index contributed by atoms with van der Waals surface area (Å²) in [4.78, 5) is 12.0. The molecule has 0 radical (unpaired) electrons. The summed E-state index contributed by atoms with van der Waals surface area (Å²) in [6, 6.07) is -0.540. The van der Waals surface area contributed by atoms with E-state index in [9.17, 15) is 13.2 Å². The molecule has 118 valence electrons. The van der Waals surface area contributed by atoms with Crippen molar-refractivity contribution in [2.75, 3.05) is 32.6 Å². The summed E-state index contributed by atoms with van der Waals surface area (Å²) in [6.45, 7) is 6.46. The van der Waals surface area contributed by atoms with Gasteiger partial charge in [-0.25, -0.2) is 8.42 Å². The molecule has 1 saturated heterocycles. The average molecular weight is 306 g/mol. The number of sulfonamides is 1. The first-order valence-electron chi connectivity index (χ1n) is 7.14. The van der Waals surface area contributed by atoms with Crippen LogP contribution >= 0.6 is 0 Å². The minimum atomic E-state index is -3.30. The number of amides is 1. The van der Waals surface area contributed by atoms with Crippen LogP contribution in [0.1, 0.15) is 33.1 Å². The van der Waals surface area contributed by atoms with Gasteiger partial charge in [-0.2, -0.15) is 4.31 Å². The zero-order valence-electron chi connectivity index (χ0n) is 12.6. The number of carbonyl (C=O) groups is 1. The Morgan fingerprint density at radius 1 is 1.45 bits per heavy atom. The summed E-state index contributed by atoms with van der Waals surface area (Å²) in [5.74, 6) is 0.309. The van der Waals surface area contributed by atoms with Crippen molar-refractivity contribution < 1.29 is 17.9 Å². The second-order valence-electron chi connectivity index (χ2n) is 5.65. The third kappa shape index (κ3) is 5.76. The highest BCUT2D eigenvalue weighted by Gasteiger charge is 2.36. The Kier molecular flexibility index (Phi) is 6.91. The summed E-state index contributed by atoms with van der Waals surface area (Å²) in [5.41, 5.74) is 0. The van der Waals surface area contributed by atoms with Gasteiger partial charge in [0, 0.05) is 26.3 Å². The zero-order chi connectivity index (χ0) is 15.2. The Morgan fingerprint density at radius 3 is 2.75 bits per heavy atom. The van der Waals surface area contributed by atoms with Gasteiger partial charge < -0.3 is 10.1 Å². The van der Waals surface area contributed by atoms with Gasteiger partial charge >= 0.3 is 0 Å². The molecule has 1 aliphatic heterocycles. The van der Waals surface area contributed by atoms with E-state index in [4.69, 9.17) is 4.74 Å². The van der Waals surface area contributed by atoms with Crippen LogP contribution in [0.2, 0.25) is 0 Å². The second-order valence-corrected chi connectivity index (χ2v) is 7.58. The molecule has 1 N–H and O–H groups in total. The lowest BCUT2D eigenvalue weighted by atomic mass is 10.2. The highest BCUT2D eigenvalue weighted by atomic mass is 32.2. The van der Waals surface area contributed by atoms with E-state index in [1.807, 2.05) is 0 Å². The van der Waals surface area contributed by atoms with E-state index in [1.165, 1.54) is 4.31 Å². The molecule has 1 fully saturated rings. The molecule has 0 aromatic heterocycles. The minimum absolute atomic E-state index is 0.197. The lowest BCUT2D eigenvalue weighted by molar-refractivity contribution is -0.124. The number of nitrogens with one attached hydrogen (secondary N) is 1. The highest BCUT2D eigenvalue weighted by molar-refractivity contribution is 7.88. The van der Waals surface area contributed by atoms with Gasteiger partial charge in [-0.3, -0.25) is 4.79 Å². The number of nitrogens with zero attached hydrogens (tertiary/aromatic N) is 1. The van der Waals surface area contributed by atoms with Crippen LogP contribution in [0.5, 0.6) is 0 Å². The number of carbonyl (C=O) groups excluding carboxylic acids is 1. The van der Waals surface area contributed by atoms with Crippen LogP contribution in [-0.4, -0.2) is 57.2 Å². The van der Waals surface area contributed by atoms with Gasteiger partial charge in [-0.1, -0.05) is 13.8 Å². The molecule has 1 aliphatic rings. The highest BCUT2D eigenvalue weighted by Crippen LogP contribution is 2.20. The lowest BCUT2D eigenvalue weighted by Crippen LogP contribution is -2.45. The third-order valence-corrected chi connectivity index (χ3v) is 4.44. The van der Waals surface area contributed by atoms with Crippen molar-refractivity contribution >= 4 is 15.9 Å². The van der Waals surface area contributed by atoms with Crippen molar-refractivity contribution in [3.8, 4) is 0 Å². The van der Waals surface area contributed by atoms with Crippen LogP contribution < -0.4 is 5.32 Å². The second kappa shape index (κ2) is 7.95. The van der Waals surface area contributed by atoms with Gasteiger partial charge in [0.15, 0.2) is 0 Å². The maximum absolute atomic E-state index is 12.0. The molecule has 0 spiro atoms. The van der Waals surface area contributed by atoms with Gasteiger partial charge in [0.25, 0.3) is 0 Å². The normalized spacial score (nSPS) is 20.5. The monoisotopic (exact) mass is 306 g/mol. The minimum Gasteiger partial charge on any atom is -0.381 e.